The van der Waals surface area contributed by atoms with Crippen LogP contribution >= 0.6 is 0 Å². The number of hydrogen-bond acceptors (Lipinski definition) is 3. The average Bonchev–Trinajstić information content (AvgIpc) is 2.97. The van der Waals surface area contributed by atoms with Gasteiger partial charge in [-0.3, -0.25) is 9.88 Å². The molecule has 1 fully saturated rings. The van der Waals surface area contributed by atoms with Crippen LogP contribution in [0.15, 0.2) is 24.4 Å². The van der Waals surface area contributed by atoms with Crippen molar-refractivity contribution in [3.63, 3.8) is 0 Å². The zero-order valence-corrected chi connectivity index (χ0v) is 13.0. The first kappa shape index (κ1) is 15.5. The van der Waals surface area contributed by atoms with E-state index in [9.17, 15) is 0 Å². The molecule has 0 aliphatic heterocycles. The minimum atomic E-state index is 0.756. The second kappa shape index (κ2) is 8.38. The van der Waals surface area contributed by atoms with Gasteiger partial charge < -0.3 is 5.32 Å². The van der Waals surface area contributed by atoms with Crippen LogP contribution in [0.2, 0.25) is 0 Å². The van der Waals surface area contributed by atoms with Crippen molar-refractivity contribution < 1.29 is 0 Å². The molecule has 0 spiro atoms. The number of aromatic nitrogens is 1. The molecule has 0 amide bonds. The largest absolute Gasteiger partial charge is 0.310 e. The van der Waals surface area contributed by atoms with Crippen molar-refractivity contribution in [3.8, 4) is 0 Å². The lowest BCUT2D eigenvalue weighted by Gasteiger charge is -2.30. The molecule has 0 atom stereocenters. The van der Waals surface area contributed by atoms with E-state index in [2.05, 4.69) is 35.1 Å². The van der Waals surface area contributed by atoms with Crippen LogP contribution in [-0.2, 0) is 6.54 Å². The van der Waals surface area contributed by atoms with Crippen LogP contribution in [0.5, 0.6) is 0 Å². The van der Waals surface area contributed by atoms with Gasteiger partial charge in [0.2, 0.25) is 0 Å². The first-order valence-electron chi connectivity index (χ1n) is 8.10. The van der Waals surface area contributed by atoms with E-state index >= 15 is 0 Å². The van der Waals surface area contributed by atoms with Crippen LogP contribution < -0.4 is 5.32 Å². The van der Waals surface area contributed by atoms with Gasteiger partial charge in [-0.1, -0.05) is 32.8 Å². The number of rotatable bonds is 8. The first-order chi connectivity index (χ1) is 9.75. The van der Waals surface area contributed by atoms with Crippen LogP contribution in [0, 0.1) is 5.92 Å². The summed E-state index contributed by atoms with van der Waals surface area (Å²) < 4.78 is 0. The third-order valence-electron chi connectivity index (χ3n) is 4.05. The Balaban J connectivity index is 1.71. The molecular formula is C17H29N3. The minimum absolute atomic E-state index is 0.756. The van der Waals surface area contributed by atoms with Gasteiger partial charge in [0.25, 0.3) is 0 Å². The van der Waals surface area contributed by atoms with E-state index in [1.807, 2.05) is 18.3 Å². The summed E-state index contributed by atoms with van der Waals surface area (Å²) in [6, 6.07) is 6.92. The summed E-state index contributed by atoms with van der Waals surface area (Å²) in [5.74, 6) is 0.756. The smallest absolute Gasteiger partial charge is 0.0541 e. The van der Waals surface area contributed by atoms with Gasteiger partial charge in [0, 0.05) is 38.4 Å². The third-order valence-corrected chi connectivity index (χ3v) is 4.05. The average molecular weight is 275 g/mol. The van der Waals surface area contributed by atoms with Gasteiger partial charge in [0.05, 0.1) is 5.69 Å². The molecule has 0 aromatic carbocycles. The van der Waals surface area contributed by atoms with Crippen LogP contribution in [0.3, 0.4) is 0 Å². The quantitative estimate of drug-likeness (QED) is 0.739. The molecule has 1 aromatic rings. The Morgan fingerprint density at radius 2 is 2.10 bits per heavy atom. The maximum Gasteiger partial charge on any atom is 0.0541 e. The molecule has 1 aromatic heterocycles. The molecule has 0 saturated heterocycles. The van der Waals surface area contributed by atoms with Gasteiger partial charge in [-0.25, -0.2) is 0 Å². The fourth-order valence-electron chi connectivity index (χ4n) is 3.10. The Morgan fingerprint density at radius 1 is 1.30 bits per heavy atom. The fraction of sp³-hybridized carbons (Fsp3) is 0.706. The molecule has 3 heteroatoms. The van der Waals surface area contributed by atoms with Crippen molar-refractivity contribution in [1.29, 1.82) is 0 Å². The number of nitrogens with one attached hydrogen (secondary N) is 1. The Hall–Kier alpha value is -0.930. The molecule has 0 radical (unpaired) electrons. The molecule has 2 rings (SSSR count). The molecule has 1 aliphatic carbocycles. The first-order valence-corrected chi connectivity index (χ1v) is 8.10. The number of nitrogens with zero attached hydrogens (tertiary/aromatic N) is 2. The fourth-order valence-corrected chi connectivity index (χ4v) is 3.10. The van der Waals surface area contributed by atoms with E-state index in [0.717, 1.165) is 37.3 Å². The second-order valence-corrected chi connectivity index (χ2v) is 6.32. The van der Waals surface area contributed by atoms with Crippen LogP contribution in [0.25, 0.3) is 0 Å². The van der Waals surface area contributed by atoms with Crippen molar-refractivity contribution in [2.45, 2.75) is 52.1 Å². The van der Waals surface area contributed by atoms with Gasteiger partial charge in [-0.15, -0.1) is 0 Å². The molecule has 0 bridgehead atoms. The van der Waals surface area contributed by atoms with Gasteiger partial charge >= 0.3 is 0 Å². The Bertz CT molecular complexity index is 358. The SMILES string of the molecule is CC(C)CN(CCNCc1ccccn1)C1CCCC1. The topological polar surface area (TPSA) is 28.2 Å². The van der Waals surface area contributed by atoms with Gasteiger partial charge in [-0.05, 0) is 30.9 Å². The minimum Gasteiger partial charge on any atom is -0.310 e. The maximum atomic E-state index is 4.35. The predicted molar refractivity (Wildman–Crippen MR) is 84.6 cm³/mol. The van der Waals surface area contributed by atoms with Crippen LogP contribution in [0.1, 0.15) is 45.2 Å². The molecule has 1 aliphatic rings. The van der Waals surface area contributed by atoms with E-state index in [4.69, 9.17) is 0 Å². The Kier molecular flexibility index (Phi) is 6.48. The van der Waals surface area contributed by atoms with E-state index in [1.165, 1.54) is 32.2 Å². The van der Waals surface area contributed by atoms with E-state index in [0.29, 0.717) is 0 Å². The third kappa shape index (κ3) is 5.22. The summed E-state index contributed by atoms with van der Waals surface area (Å²) in [5, 5.41) is 3.52. The summed E-state index contributed by atoms with van der Waals surface area (Å²) >= 11 is 0. The molecule has 3 nitrogen and oxygen atoms in total. The molecule has 0 unspecified atom stereocenters. The predicted octanol–water partition coefficient (Wildman–Crippen LogP) is 3.07. The van der Waals surface area contributed by atoms with E-state index in [-0.39, 0.29) is 0 Å². The van der Waals surface area contributed by atoms with Gasteiger partial charge in [0.15, 0.2) is 0 Å². The number of hydrogen-bond donors (Lipinski definition) is 1. The summed E-state index contributed by atoms with van der Waals surface area (Å²) in [5.41, 5.74) is 1.13. The molecule has 1 heterocycles. The monoisotopic (exact) mass is 275 g/mol. The van der Waals surface area contributed by atoms with Crippen molar-refractivity contribution in [2.24, 2.45) is 5.92 Å². The molecule has 1 saturated carbocycles. The van der Waals surface area contributed by atoms with Crippen molar-refractivity contribution >= 4 is 0 Å². The normalized spacial score (nSPS) is 16.4. The zero-order chi connectivity index (χ0) is 14.2. The summed E-state index contributed by atoms with van der Waals surface area (Å²) in [6.07, 6.45) is 7.49. The molecule has 112 valence electrons. The highest BCUT2D eigenvalue weighted by molar-refractivity contribution is 5.02. The molecule has 20 heavy (non-hydrogen) atoms. The standard InChI is InChI=1S/C17H29N3/c1-15(2)14-20(17-8-3-4-9-17)12-11-18-13-16-7-5-6-10-19-16/h5-7,10,15,17-18H,3-4,8-9,11-14H2,1-2H3. The van der Waals surface area contributed by atoms with Crippen LogP contribution in [-0.4, -0.2) is 35.6 Å². The summed E-state index contributed by atoms with van der Waals surface area (Å²) in [6.45, 7) is 8.97. The maximum absolute atomic E-state index is 4.35. The lowest BCUT2D eigenvalue weighted by molar-refractivity contribution is 0.177. The van der Waals surface area contributed by atoms with Crippen molar-refractivity contribution in [2.75, 3.05) is 19.6 Å². The Labute approximate surface area is 123 Å². The summed E-state index contributed by atoms with van der Waals surface area (Å²) in [4.78, 5) is 7.04. The highest BCUT2D eigenvalue weighted by atomic mass is 15.2. The lowest BCUT2D eigenvalue weighted by Crippen LogP contribution is -2.40. The van der Waals surface area contributed by atoms with Crippen molar-refractivity contribution in [3.05, 3.63) is 30.1 Å². The highest BCUT2D eigenvalue weighted by Crippen LogP contribution is 2.23. The van der Waals surface area contributed by atoms with Crippen LogP contribution in [0.4, 0.5) is 0 Å². The van der Waals surface area contributed by atoms with E-state index < -0.39 is 0 Å². The van der Waals surface area contributed by atoms with E-state index in [1.54, 1.807) is 0 Å². The molecular weight excluding hydrogens is 246 g/mol. The number of pyridine rings is 1. The van der Waals surface area contributed by atoms with Gasteiger partial charge in [-0.2, -0.15) is 0 Å². The Morgan fingerprint density at radius 3 is 2.75 bits per heavy atom. The highest BCUT2D eigenvalue weighted by Gasteiger charge is 2.22. The zero-order valence-electron chi connectivity index (χ0n) is 13.0. The lowest BCUT2D eigenvalue weighted by atomic mass is 10.1. The van der Waals surface area contributed by atoms with Crippen molar-refractivity contribution in [1.82, 2.24) is 15.2 Å². The summed E-state index contributed by atoms with van der Waals surface area (Å²) in [7, 11) is 0. The van der Waals surface area contributed by atoms with Gasteiger partial charge in [0.1, 0.15) is 0 Å². The molecule has 1 N–H and O–H groups in total. The second-order valence-electron chi connectivity index (χ2n) is 6.32.